The number of carboxylic acid groups (broad SMARTS) is 1. The summed E-state index contributed by atoms with van der Waals surface area (Å²) in [6.07, 6.45) is 0.630. The van der Waals surface area contributed by atoms with Crippen LogP contribution >= 0.6 is 0 Å². The van der Waals surface area contributed by atoms with Gasteiger partial charge in [-0.05, 0) is 58.0 Å². The van der Waals surface area contributed by atoms with Crippen LogP contribution < -0.4 is 0 Å². The molecule has 1 aromatic rings. The number of carbonyl (C=O) groups is 1. The van der Waals surface area contributed by atoms with E-state index in [0.717, 1.165) is 5.56 Å². The fourth-order valence-electron chi connectivity index (χ4n) is 3.01. The second-order valence-electron chi connectivity index (χ2n) is 5.57. The number of benzene rings is 1. The smallest absolute Gasteiger partial charge is 0.308 e. The molecule has 0 aliphatic rings. The van der Waals surface area contributed by atoms with E-state index in [4.69, 9.17) is 0 Å². The van der Waals surface area contributed by atoms with Crippen molar-refractivity contribution in [3.8, 4) is 0 Å². The molecule has 0 aliphatic carbocycles. The summed E-state index contributed by atoms with van der Waals surface area (Å²) in [5.41, 5.74) is 4.73. The number of hydrogen-bond donors (Lipinski definition) is 1. The summed E-state index contributed by atoms with van der Waals surface area (Å²) in [7, 11) is 3.91. The largest absolute Gasteiger partial charge is 0.481 e. The molecule has 0 radical (unpaired) electrons. The van der Waals surface area contributed by atoms with E-state index in [2.05, 4.69) is 32.9 Å². The SMILES string of the molecule is CCC(C(=O)O)C(c1c(C)cc(C)cc1C)N(C)C. The number of nitrogens with zero attached hydrogens (tertiary/aromatic N) is 1. The molecule has 0 saturated carbocycles. The van der Waals surface area contributed by atoms with Gasteiger partial charge in [-0.2, -0.15) is 0 Å². The Morgan fingerprint density at radius 3 is 2.00 bits per heavy atom. The van der Waals surface area contributed by atoms with Crippen LogP contribution in [0.1, 0.15) is 41.6 Å². The maximum Gasteiger partial charge on any atom is 0.308 e. The number of hydrogen-bond acceptors (Lipinski definition) is 2. The molecule has 0 saturated heterocycles. The Balaban J connectivity index is 3.39. The third kappa shape index (κ3) is 3.35. The zero-order valence-corrected chi connectivity index (χ0v) is 12.8. The first-order chi connectivity index (χ1) is 8.79. The maximum atomic E-state index is 11.5. The number of aryl methyl sites for hydroxylation is 3. The number of rotatable bonds is 5. The van der Waals surface area contributed by atoms with Gasteiger partial charge >= 0.3 is 5.97 Å². The highest BCUT2D eigenvalue weighted by Crippen LogP contribution is 2.34. The predicted molar refractivity (Wildman–Crippen MR) is 78.5 cm³/mol. The van der Waals surface area contributed by atoms with Crippen molar-refractivity contribution in [2.24, 2.45) is 5.92 Å². The molecule has 0 heterocycles. The summed E-state index contributed by atoms with van der Waals surface area (Å²) in [4.78, 5) is 13.5. The molecule has 1 N–H and O–H groups in total. The molecule has 3 heteroatoms. The van der Waals surface area contributed by atoms with E-state index >= 15 is 0 Å². The monoisotopic (exact) mass is 263 g/mol. The van der Waals surface area contributed by atoms with Gasteiger partial charge in [-0.15, -0.1) is 0 Å². The van der Waals surface area contributed by atoms with Crippen LogP contribution in [-0.4, -0.2) is 30.1 Å². The molecule has 2 unspecified atom stereocenters. The molecular formula is C16H25NO2. The van der Waals surface area contributed by atoms with Crippen molar-refractivity contribution in [1.29, 1.82) is 0 Å². The number of aliphatic carboxylic acids is 1. The lowest BCUT2D eigenvalue weighted by Crippen LogP contribution is -2.33. The van der Waals surface area contributed by atoms with Crippen LogP contribution in [0.15, 0.2) is 12.1 Å². The van der Waals surface area contributed by atoms with Gasteiger partial charge in [-0.1, -0.05) is 24.6 Å². The van der Waals surface area contributed by atoms with Crippen molar-refractivity contribution < 1.29 is 9.90 Å². The highest BCUT2D eigenvalue weighted by atomic mass is 16.4. The van der Waals surface area contributed by atoms with Crippen LogP contribution in [0.25, 0.3) is 0 Å². The van der Waals surface area contributed by atoms with Crippen molar-refractivity contribution in [1.82, 2.24) is 4.90 Å². The lowest BCUT2D eigenvalue weighted by molar-refractivity contribution is -0.144. The molecule has 0 spiro atoms. The Hall–Kier alpha value is -1.35. The molecule has 1 aromatic carbocycles. The Morgan fingerprint density at radius 2 is 1.68 bits per heavy atom. The van der Waals surface area contributed by atoms with E-state index in [1.54, 1.807) is 0 Å². The summed E-state index contributed by atoms with van der Waals surface area (Å²) in [5, 5.41) is 9.46. The summed E-state index contributed by atoms with van der Waals surface area (Å²) in [5.74, 6) is -1.10. The molecular weight excluding hydrogens is 238 g/mol. The Morgan fingerprint density at radius 1 is 1.21 bits per heavy atom. The number of carboxylic acids is 1. The molecule has 0 amide bonds. The minimum atomic E-state index is -0.722. The topological polar surface area (TPSA) is 40.5 Å². The normalized spacial score (nSPS) is 14.5. The third-order valence-corrected chi connectivity index (χ3v) is 3.73. The lowest BCUT2D eigenvalue weighted by atomic mass is 9.84. The van der Waals surface area contributed by atoms with Crippen molar-refractivity contribution in [2.45, 2.75) is 40.2 Å². The minimum Gasteiger partial charge on any atom is -0.481 e. The highest BCUT2D eigenvalue weighted by Gasteiger charge is 2.31. The predicted octanol–water partition coefficient (Wildman–Crippen LogP) is 3.33. The zero-order valence-electron chi connectivity index (χ0n) is 12.8. The standard InChI is InChI=1S/C16H25NO2/c1-7-13(16(18)19)15(17(5)6)14-11(3)8-10(2)9-12(14)4/h8-9,13,15H,7H2,1-6H3,(H,18,19). The first-order valence-corrected chi connectivity index (χ1v) is 6.76. The van der Waals surface area contributed by atoms with E-state index in [1.807, 2.05) is 25.9 Å². The van der Waals surface area contributed by atoms with Crippen LogP contribution in [0.3, 0.4) is 0 Å². The van der Waals surface area contributed by atoms with E-state index in [9.17, 15) is 9.90 Å². The molecule has 0 fully saturated rings. The van der Waals surface area contributed by atoms with Crippen LogP contribution in [0.5, 0.6) is 0 Å². The van der Waals surface area contributed by atoms with Gasteiger partial charge in [-0.25, -0.2) is 0 Å². The fraction of sp³-hybridized carbons (Fsp3) is 0.562. The quantitative estimate of drug-likeness (QED) is 0.886. The molecule has 2 atom stereocenters. The Bertz CT molecular complexity index is 443. The van der Waals surface area contributed by atoms with Gasteiger partial charge in [0.15, 0.2) is 0 Å². The van der Waals surface area contributed by atoms with E-state index in [0.29, 0.717) is 6.42 Å². The van der Waals surface area contributed by atoms with Gasteiger partial charge in [0, 0.05) is 6.04 Å². The molecule has 1 rings (SSSR count). The average molecular weight is 263 g/mol. The summed E-state index contributed by atoms with van der Waals surface area (Å²) in [6, 6.07) is 4.18. The lowest BCUT2D eigenvalue weighted by Gasteiger charge is -2.32. The van der Waals surface area contributed by atoms with Crippen molar-refractivity contribution in [3.05, 3.63) is 34.4 Å². The van der Waals surface area contributed by atoms with E-state index < -0.39 is 5.97 Å². The maximum absolute atomic E-state index is 11.5. The molecule has 0 aromatic heterocycles. The van der Waals surface area contributed by atoms with E-state index in [1.165, 1.54) is 16.7 Å². The van der Waals surface area contributed by atoms with Crippen LogP contribution in [-0.2, 0) is 4.79 Å². The van der Waals surface area contributed by atoms with Gasteiger partial charge in [0.25, 0.3) is 0 Å². The molecule has 0 bridgehead atoms. The fourth-order valence-corrected chi connectivity index (χ4v) is 3.01. The first-order valence-electron chi connectivity index (χ1n) is 6.76. The minimum absolute atomic E-state index is 0.0805. The molecule has 3 nitrogen and oxygen atoms in total. The van der Waals surface area contributed by atoms with Crippen molar-refractivity contribution in [3.63, 3.8) is 0 Å². The molecule has 19 heavy (non-hydrogen) atoms. The summed E-state index contributed by atoms with van der Waals surface area (Å²) in [6.45, 7) is 8.15. The second-order valence-corrected chi connectivity index (χ2v) is 5.57. The first kappa shape index (κ1) is 15.7. The van der Waals surface area contributed by atoms with Gasteiger partial charge in [0.05, 0.1) is 5.92 Å². The van der Waals surface area contributed by atoms with Crippen molar-refractivity contribution in [2.75, 3.05) is 14.1 Å². The van der Waals surface area contributed by atoms with Gasteiger partial charge in [-0.3, -0.25) is 4.79 Å². The van der Waals surface area contributed by atoms with Gasteiger partial charge < -0.3 is 10.0 Å². The highest BCUT2D eigenvalue weighted by molar-refractivity contribution is 5.71. The molecule has 106 valence electrons. The Kier molecular flexibility index (Phi) is 5.12. The van der Waals surface area contributed by atoms with Gasteiger partial charge in [0.1, 0.15) is 0 Å². The average Bonchev–Trinajstić information content (AvgIpc) is 2.25. The summed E-state index contributed by atoms with van der Waals surface area (Å²) >= 11 is 0. The Labute approximate surface area is 116 Å². The summed E-state index contributed by atoms with van der Waals surface area (Å²) < 4.78 is 0. The van der Waals surface area contributed by atoms with Crippen LogP contribution in [0.4, 0.5) is 0 Å². The van der Waals surface area contributed by atoms with Crippen LogP contribution in [0, 0.1) is 26.7 Å². The molecule has 0 aliphatic heterocycles. The zero-order chi connectivity index (χ0) is 14.7. The van der Waals surface area contributed by atoms with Crippen molar-refractivity contribution >= 4 is 5.97 Å². The van der Waals surface area contributed by atoms with E-state index in [-0.39, 0.29) is 12.0 Å². The third-order valence-electron chi connectivity index (χ3n) is 3.73. The van der Waals surface area contributed by atoms with Crippen LogP contribution in [0.2, 0.25) is 0 Å². The van der Waals surface area contributed by atoms with Gasteiger partial charge in [0.2, 0.25) is 0 Å². The second kappa shape index (κ2) is 6.20.